The largest absolute Gasteiger partial charge is 0.444 e. The Hall–Kier alpha value is -2.29. The number of benzene rings is 1. The molecule has 2 rings (SSSR count). The monoisotopic (exact) mass is 305 g/mol. The number of hydrogen-bond donors (Lipinski definition) is 1. The van der Waals surface area contributed by atoms with E-state index in [0.29, 0.717) is 18.8 Å². The Balaban J connectivity index is 1.94. The van der Waals surface area contributed by atoms with E-state index >= 15 is 0 Å². The molecule has 1 atom stereocenters. The van der Waals surface area contributed by atoms with Gasteiger partial charge in [0.2, 0.25) is 0 Å². The number of hydrogen-bond acceptors (Lipinski definition) is 4. The lowest BCUT2D eigenvalue weighted by Crippen LogP contribution is -2.40. The van der Waals surface area contributed by atoms with Crippen LogP contribution in [-0.4, -0.2) is 30.8 Å². The van der Waals surface area contributed by atoms with Gasteiger partial charge in [-0.1, -0.05) is 0 Å². The minimum Gasteiger partial charge on any atom is -0.444 e. The molecule has 0 radical (unpaired) electrons. The summed E-state index contributed by atoms with van der Waals surface area (Å²) in [6.07, 6.45) is 0.325. The Morgan fingerprint density at radius 3 is 2.82 bits per heavy atom. The molecule has 0 unspecified atom stereocenters. The molecule has 5 nitrogen and oxygen atoms in total. The maximum Gasteiger partial charge on any atom is 0.407 e. The SMILES string of the molecule is CC(C)(C)OC(=O)N[C@@H]1CCN(c2ccc(C#N)c(F)c2)C1. The molecule has 1 aliphatic heterocycles. The number of carbonyl (C=O) groups excluding carboxylic acids is 1. The molecule has 0 saturated carbocycles. The average molecular weight is 305 g/mol. The molecular weight excluding hydrogens is 285 g/mol. The van der Waals surface area contributed by atoms with Crippen LogP contribution in [0.25, 0.3) is 0 Å². The first kappa shape index (κ1) is 16.1. The van der Waals surface area contributed by atoms with Crippen LogP contribution in [0.15, 0.2) is 18.2 Å². The molecule has 1 aromatic carbocycles. The van der Waals surface area contributed by atoms with Crippen molar-refractivity contribution < 1.29 is 13.9 Å². The van der Waals surface area contributed by atoms with Crippen molar-refractivity contribution in [3.05, 3.63) is 29.6 Å². The number of nitrogens with zero attached hydrogens (tertiary/aromatic N) is 2. The summed E-state index contributed by atoms with van der Waals surface area (Å²) in [5.74, 6) is -0.524. The van der Waals surface area contributed by atoms with E-state index in [0.717, 1.165) is 6.42 Å². The number of alkyl carbamates (subject to hydrolysis) is 1. The summed E-state index contributed by atoms with van der Waals surface area (Å²) in [7, 11) is 0. The van der Waals surface area contributed by atoms with E-state index in [1.54, 1.807) is 12.1 Å². The molecule has 1 amide bonds. The van der Waals surface area contributed by atoms with E-state index in [1.165, 1.54) is 12.1 Å². The number of nitrogens with one attached hydrogen (secondary N) is 1. The van der Waals surface area contributed by atoms with Crippen molar-refractivity contribution in [3.63, 3.8) is 0 Å². The number of carbonyl (C=O) groups is 1. The fourth-order valence-corrected chi connectivity index (χ4v) is 2.38. The van der Waals surface area contributed by atoms with Crippen molar-refractivity contribution in [3.8, 4) is 6.07 Å². The summed E-state index contributed by atoms with van der Waals surface area (Å²) < 4.78 is 18.9. The van der Waals surface area contributed by atoms with Crippen LogP contribution in [0, 0.1) is 17.1 Å². The zero-order chi connectivity index (χ0) is 16.3. The zero-order valence-corrected chi connectivity index (χ0v) is 13.0. The van der Waals surface area contributed by atoms with Gasteiger partial charge in [-0.25, -0.2) is 9.18 Å². The summed E-state index contributed by atoms with van der Waals surface area (Å²) in [5.41, 5.74) is 0.217. The highest BCUT2D eigenvalue weighted by Gasteiger charge is 2.26. The molecule has 0 aromatic heterocycles. The van der Waals surface area contributed by atoms with Gasteiger partial charge in [-0.05, 0) is 45.4 Å². The van der Waals surface area contributed by atoms with Crippen LogP contribution in [0.3, 0.4) is 0 Å². The van der Waals surface area contributed by atoms with Gasteiger partial charge < -0.3 is 15.0 Å². The molecule has 118 valence electrons. The van der Waals surface area contributed by atoms with E-state index < -0.39 is 17.5 Å². The molecule has 0 bridgehead atoms. The molecule has 1 fully saturated rings. The molecule has 1 heterocycles. The number of nitriles is 1. The Morgan fingerprint density at radius 1 is 1.50 bits per heavy atom. The Kier molecular flexibility index (Phi) is 4.55. The van der Waals surface area contributed by atoms with Gasteiger partial charge >= 0.3 is 6.09 Å². The maximum atomic E-state index is 13.7. The minimum absolute atomic E-state index is 0.0337. The van der Waals surface area contributed by atoms with E-state index in [-0.39, 0.29) is 11.6 Å². The lowest BCUT2D eigenvalue weighted by molar-refractivity contribution is 0.0509. The van der Waals surface area contributed by atoms with Crippen LogP contribution in [0.5, 0.6) is 0 Å². The Morgan fingerprint density at radius 2 is 2.23 bits per heavy atom. The second-order valence-corrected chi connectivity index (χ2v) is 6.35. The molecule has 0 aliphatic carbocycles. The third-order valence-electron chi connectivity index (χ3n) is 3.35. The first-order valence-corrected chi connectivity index (χ1v) is 7.22. The van der Waals surface area contributed by atoms with Crippen molar-refractivity contribution in [1.29, 1.82) is 5.26 Å². The molecule has 0 spiro atoms. The predicted octanol–water partition coefficient (Wildman–Crippen LogP) is 2.80. The normalized spacial score (nSPS) is 18.0. The summed E-state index contributed by atoms with van der Waals surface area (Å²) in [6.45, 7) is 6.74. The van der Waals surface area contributed by atoms with Gasteiger partial charge in [-0.3, -0.25) is 0 Å². The maximum absolute atomic E-state index is 13.7. The van der Waals surface area contributed by atoms with Crippen LogP contribution in [-0.2, 0) is 4.74 Å². The zero-order valence-electron chi connectivity index (χ0n) is 13.0. The molecule has 1 aromatic rings. The molecule has 1 saturated heterocycles. The quantitative estimate of drug-likeness (QED) is 0.912. The van der Waals surface area contributed by atoms with Gasteiger partial charge in [0.05, 0.1) is 11.6 Å². The summed E-state index contributed by atoms with van der Waals surface area (Å²) in [5, 5.41) is 11.6. The van der Waals surface area contributed by atoms with Crippen molar-refractivity contribution in [2.45, 2.75) is 38.8 Å². The molecular formula is C16H20FN3O2. The standard InChI is InChI=1S/C16H20FN3O2/c1-16(2,3)22-15(21)19-12-6-7-20(10-12)13-5-4-11(9-18)14(17)8-13/h4-5,8,12H,6-7,10H2,1-3H3,(H,19,21)/t12-/m1/s1. The number of halogens is 1. The molecule has 1 aliphatic rings. The van der Waals surface area contributed by atoms with Gasteiger partial charge in [0.1, 0.15) is 17.5 Å². The van der Waals surface area contributed by atoms with Crippen molar-refractivity contribution in [2.75, 3.05) is 18.0 Å². The Bertz CT molecular complexity index is 604. The smallest absolute Gasteiger partial charge is 0.407 e. The van der Waals surface area contributed by atoms with Gasteiger partial charge in [0.15, 0.2) is 0 Å². The summed E-state index contributed by atoms with van der Waals surface area (Å²) in [6, 6.07) is 6.32. The second kappa shape index (κ2) is 6.22. The van der Waals surface area contributed by atoms with Crippen molar-refractivity contribution in [2.24, 2.45) is 0 Å². The molecule has 22 heavy (non-hydrogen) atoms. The third kappa shape index (κ3) is 4.10. The Labute approximate surface area is 129 Å². The van der Waals surface area contributed by atoms with Crippen LogP contribution in [0.2, 0.25) is 0 Å². The first-order chi connectivity index (χ1) is 10.3. The van der Waals surface area contributed by atoms with Gasteiger partial charge in [-0.15, -0.1) is 0 Å². The van der Waals surface area contributed by atoms with Gasteiger partial charge in [-0.2, -0.15) is 5.26 Å². The average Bonchev–Trinajstić information content (AvgIpc) is 2.84. The topological polar surface area (TPSA) is 65.4 Å². The van der Waals surface area contributed by atoms with Crippen LogP contribution in [0.4, 0.5) is 14.9 Å². The van der Waals surface area contributed by atoms with Gasteiger partial charge in [0.25, 0.3) is 0 Å². The van der Waals surface area contributed by atoms with Crippen molar-refractivity contribution >= 4 is 11.8 Å². The number of ether oxygens (including phenoxy) is 1. The van der Waals surface area contributed by atoms with Gasteiger partial charge in [0, 0.05) is 18.8 Å². The predicted molar refractivity (Wildman–Crippen MR) is 81.1 cm³/mol. The van der Waals surface area contributed by atoms with Crippen molar-refractivity contribution in [1.82, 2.24) is 5.32 Å². The van der Waals surface area contributed by atoms with E-state index in [1.807, 2.05) is 25.7 Å². The fraction of sp³-hybridized carbons (Fsp3) is 0.500. The van der Waals surface area contributed by atoms with E-state index in [2.05, 4.69) is 5.32 Å². The minimum atomic E-state index is -0.529. The molecule has 6 heteroatoms. The lowest BCUT2D eigenvalue weighted by Gasteiger charge is -2.22. The number of amides is 1. The highest BCUT2D eigenvalue weighted by molar-refractivity contribution is 5.68. The van der Waals surface area contributed by atoms with Crippen LogP contribution < -0.4 is 10.2 Å². The number of anilines is 1. The van der Waals surface area contributed by atoms with Crippen LogP contribution in [0.1, 0.15) is 32.8 Å². The first-order valence-electron chi connectivity index (χ1n) is 7.22. The van der Waals surface area contributed by atoms with E-state index in [4.69, 9.17) is 10.00 Å². The molecule has 1 N–H and O–H groups in total. The third-order valence-corrected chi connectivity index (χ3v) is 3.35. The summed E-state index contributed by atoms with van der Waals surface area (Å²) in [4.78, 5) is 13.7. The summed E-state index contributed by atoms with van der Waals surface area (Å²) >= 11 is 0. The lowest BCUT2D eigenvalue weighted by atomic mass is 10.2. The fourth-order valence-electron chi connectivity index (χ4n) is 2.38. The highest BCUT2D eigenvalue weighted by Crippen LogP contribution is 2.23. The van der Waals surface area contributed by atoms with E-state index in [9.17, 15) is 9.18 Å². The number of rotatable bonds is 2. The highest BCUT2D eigenvalue weighted by atomic mass is 19.1. The van der Waals surface area contributed by atoms with Crippen LogP contribution >= 0.6 is 0 Å². The second-order valence-electron chi connectivity index (χ2n) is 6.35.